The van der Waals surface area contributed by atoms with Gasteiger partial charge in [-0.3, -0.25) is 4.79 Å². The maximum atomic E-state index is 14.4. The van der Waals surface area contributed by atoms with Crippen molar-refractivity contribution in [3.63, 3.8) is 0 Å². The number of hydrogen-bond acceptors (Lipinski definition) is 13. The van der Waals surface area contributed by atoms with E-state index < -0.39 is 33.5 Å². The van der Waals surface area contributed by atoms with Crippen LogP contribution in [-0.4, -0.2) is 82.2 Å². The van der Waals surface area contributed by atoms with Crippen LogP contribution >= 0.6 is 0 Å². The van der Waals surface area contributed by atoms with Crippen molar-refractivity contribution in [2.45, 2.75) is 77.5 Å². The summed E-state index contributed by atoms with van der Waals surface area (Å²) in [5, 5.41) is 31.7. The fraction of sp³-hybridized carbons (Fsp3) is 0.421. The van der Waals surface area contributed by atoms with Crippen LogP contribution in [0.2, 0.25) is 0 Å². The average molecular weight is 760 g/mol. The Morgan fingerprint density at radius 3 is 2.46 bits per heavy atom. The summed E-state index contributed by atoms with van der Waals surface area (Å²) in [6.07, 6.45) is 4.56. The predicted molar refractivity (Wildman–Crippen MR) is 206 cm³/mol. The van der Waals surface area contributed by atoms with Crippen molar-refractivity contribution in [2.24, 2.45) is 10.5 Å². The van der Waals surface area contributed by atoms with Crippen molar-refractivity contribution in [1.29, 1.82) is 5.53 Å². The Labute approximate surface area is 316 Å². The van der Waals surface area contributed by atoms with Gasteiger partial charge in [0.25, 0.3) is 0 Å². The van der Waals surface area contributed by atoms with Crippen LogP contribution in [0, 0.1) is 24.8 Å². The molecule has 3 heterocycles. The third kappa shape index (κ3) is 8.36. The second kappa shape index (κ2) is 17.0. The first-order valence-electron chi connectivity index (χ1n) is 17.9. The number of fused-ring (bicyclic) bond motifs is 1. The van der Waals surface area contributed by atoms with Gasteiger partial charge in [0.1, 0.15) is 16.7 Å². The maximum Gasteiger partial charge on any atom is 0.248 e. The molecule has 54 heavy (non-hydrogen) atoms. The maximum absolute atomic E-state index is 14.4. The Hall–Kier alpha value is -5.03. The van der Waals surface area contributed by atoms with Gasteiger partial charge in [-0.1, -0.05) is 45.0 Å². The number of anilines is 3. The highest BCUT2D eigenvalue weighted by Gasteiger charge is 2.41. The number of nitrogens with one attached hydrogen (secondary N) is 4. The van der Waals surface area contributed by atoms with Crippen LogP contribution in [0.15, 0.2) is 71.1 Å². The monoisotopic (exact) mass is 759 g/mol. The lowest BCUT2D eigenvalue weighted by molar-refractivity contribution is -0.124. The van der Waals surface area contributed by atoms with Gasteiger partial charge in [0.05, 0.1) is 55.0 Å². The summed E-state index contributed by atoms with van der Waals surface area (Å²) in [4.78, 5) is 27.1. The zero-order chi connectivity index (χ0) is 39.2. The van der Waals surface area contributed by atoms with E-state index in [1.54, 1.807) is 6.07 Å². The third-order valence-corrected chi connectivity index (χ3v) is 11.6. The molecule has 1 aliphatic rings. The number of aryl methyl sites for hydroxylation is 1. The van der Waals surface area contributed by atoms with Crippen LogP contribution in [0.1, 0.15) is 67.9 Å². The van der Waals surface area contributed by atoms with Gasteiger partial charge in [0.15, 0.2) is 0 Å². The molecule has 0 unspecified atom stereocenters. The Kier molecular flexibility index (Phi) is 12.6. The second-order valence-corrected chi connectivity index (χ2v) is 15.8. The van der Waals surface area contributed by atoms with Crippen LogP contribution in [0.5, 0.6) is 5.88 Å². The first kappa shape index (κ1) is 40.2. The fourth-order valence-corrected chi connectivity index (χ4v) is 8.15. The summed E-state index contributed by atoms with van der Waals surface area (Å²) < 4.78 is 35.6. The number of amides is 1. The normalized spacial score (nSPS) is 16.1. The highest BCUT2D eigenvalue weighted by molar-refractivity contribution is 7.89. The number of aliphatic hydroxyl groups excluding tert-OH is 2. The van der Waals surface area contributed by atoms with E-state index in [1.807, 2.05) is 71.9 Å². The van der Waals surface area contributed by atoms with Gasteiger partial charge >= 0.3 is 0 Å². The number of ether oxygens (including phenoxy) is 1. The molecule has 1 amide bonds. The molecule has 288 valence electrons. The van der Waals surface area contributed by atoms with Crippen molar-refractivity contribution in [1.82, 2.24) is 19.3 Å². The fourth-order valence-electron chi connectivity index (χ4n) is 6.63. The molecule has 2 atom stereocenters. The minimum atomic E-state index is -3.98. The van der Waals surface area contributed by atoms with Crippen molar-refractivity contribution in [2.75, 3.05) is 42.3 Å². The first-order valence-corrected chi connectivity index (χ1v) is 19.3. The molecule has 0 spiro atoms. The lowest BCUT2D eigenvalue weighted by Gasteiger charge is -2.36. The molecule has 0 radical (unpaired) electrons. The molecule has 0 aliphatic carbocycles. The van der Waals surface area contributed by atoms with Crippen LogP contribution < -0.4 is 20.7 Å². The molecule has 6 N–H and O–H groups in total. The summed E-state index contributed by atoms with van der Waals surface area (Å²) in [6, 6.07) is 12.1. The Morgan fingerprint density at radius 1 is 1.09 bits per heavy atom. The zero-order valence-electron chi connectivity index (χ0n) is 31.4. The molecule has 2 aromatic heterocycles. The minimum Gasteiger partial charge on any atom is -0.472 e. The second-order valence-electron chi connectivity index (χ2n) is 13.9. The largest absolute Gasteiger partial charge is 0.472 e. The smallest absolute Gasteiger partial charge is 0.248 e. The molecule has 2 aromatic carbocycles. The van der Waals surface area contributed by atoms with E-state index >= 15 is 0 Å². The molecule has 5 rings (SSSR count). The Balaban J connectivity index is 1.57. The van der Waals surface area contributed by atoms with Gasteiger partial charge in [-0.25, -0.2) is 28.9 Å². The molecule has 16 heteroatoms. The number of carbonyl (C=O) groups is 1. The van der Waals surface area contributed by atoms with Crippen molar-refractivity contribution >= 4 is 38.9 Å². The van der Waals surface area contributed by atoms with Crippen LogP contribution in [0.3, 0.4) is 0 Å². The van der Waals surface area contributed by atoms with Gasteiger partial charge < -0.3 is 30.9 Å². The SMILES string of the molecule is CCNc1ccc([C@H](c2ccc(C)c(CN3C[C@@H](CC)Oc4ncccc4S3(=O)=O)c2)C(C)(C)C(=O)Nc2cnc(NC(CO)CO)nc2)c(C)c1N=N. The van der Waals surface area contributed by atoms with Gasteiger partial charge in [0.2, 0.25) is 27.8 Å². The lowest BCUT2D eigenvalue weighted by Crippen LogP contribution is -2.38. The molecule has 15 nitrogen and oxygen atoms in total. The van der Waals surface area contributed by atoms with E-state index in [0.29, 0.717) is 30.0 Å². The molecule has 0 saturated carbocycles. The molecule has 0 fully saturated rings. The number of nitrogens with zero attached hydrogens (tertiary/aromatic N) is 5. The number of rotatable bonds is 15. The summed E-state index contributed by atoms with van der Waals surface area (Å²) in [5.74, 6) is -0.670. The number of pyridine rings is 1. The lowest BCUT2D eigenvalue weighted by atomic mass is 9.69. The van der Waals surface area contributed by atoms with Gasteiger partial charge in [-0.05, 0) is 73.2 Å². The van der Waals surface area contributed by atoms with Crippen LogP contribution in [-0.2, 0) is 21.4 Å². The van der Waals surface area contributed by atoms with E-state index in [1.165, 1.54) is 29.0 Å². The van der Waals surface area contributed by atoms with Gasteiger partial charge in [-0.2, -0.15) is 9.42 Å². The Morgan fingerprint density at radius 2 is 1.81 bits per heavy atom. The number of carbonyl (C=O) groups excluding carboxylic acids is 1. The summed E-state index contributed by atoms with van der Waals surface area (Å²) >= 11 is 0. The number of benzene rings is 2. The standard InChI is InChI=1S/C38H49N9O6S/c1-7-29-20-47(54(51,52)32-10-9-15-41-35(32)53-29)19-26-16-25(12-11-23(26)3)33(30-13-14-31(40-8-2)34(46-39)24(30)4)38(5,6)36(50)44-27-17-42-37(43-18-27)45-28(21-48)22-49/h9-18,28-29,33,39-40,48-49H,7-8,19-22H2,1-6H3,(H,44,50)(H,42,43,45)/t29-,33+/m1/s1. The number of aromatic nitrogens is 3. The Bertz CT molecular complexity index is 2070. The molecular formula is C38H49N9O6S. The van der Waals surface area contributed by atoms with Crippen molar-refractivity contribution < 1.29 is 28.2 Å². The van der Waals surface area contributed by atoms with E-state index in [-0.39, 0.29) is 48.9 Å². The number of hydrogen-bond donors (Lipinski definition) is 6. The molecular weight excluding hydrogens is 711 g/mol. The quantitative estimate of drug-likeness (QED) is 0.0832. The van der Waals surface area contributed by atoms with Crippen LogP contribution in [0.4, 0.5) is 23.0 Å². The predicted octanol–water partition coefficient (Wildman–Crippen LogP) is 5.51. The van der Waals surface area contributed by atoms with Gasteiger partial charge in [0, 0.05) is 25.2 Å². The number of sulfonamides is 1. The van der Waals surface area contributed by atoms with Gasteiger partial charge in [-0.15, -0.1) is 0 Å². The average Bonchev–Trinajstić information content (AvgIpc) is 3.26. The molecule has 0 bridgehead atoms. The highest BCUT2D eigenvalue weighted by atomic mass is 32.2. The highest BCUT2D eigenvalue weighted by Crippen LogP contribution is 2.46. The summed E-state index contributed by atoms with van der Waals surface area (Å²) in [5.41, 5.74) is 12.3. The molecule has 0 saturated heterocycles. The molecule has 4 aromatic rings. The summed E-state index contributed by atoms with van der Waals surface area (Å²) in [6.45, 7) is 11.6. The topological polar surface area (TPSA) is 215 Å². The summed E-state index contributed by atoms with van der Waals surface area (Å²) in [7, 11) is -3.98. The number of aliphatic hydroxyl groups is 2. The zero-order valence-corrected chi connectivity index (χ0v) is 32.2. The first-order chi connectivity index (χ1) is 25.8. The van der Waals surface area contributed by atoms with E-state index in [0.717, 1.165) is 27.8 Å². The minimum absolute atomic E-state index is 0.0166. The van der Waals surface area contributed by atoms with E-state index in [4.69, 9.17) is 10.3 Å². The van der Waals surface area contributed by atoms with E-state index in [9.17, 15) is 23.4 Å². The third-order valence-electron chi connectivity index (χ3n) is 9.80. The van der Waals surface area contributed by atoms with Crippen molar-refractivity contribution in [3.8, 4) is 5.88 Å². The molecule has 1 aliphatic heterocycles. The van der Waals surface area contributed by atoms with Crippen LogP contribution in [0.25, 0.3) is 0 Å². The van der Waals surface area contributed by atoms with Crippen molar-refractivity contribution in [3.05, 3.63) is 88.9 Å². The van der Waals surface area contributed by atoms with E-state index in [2.05, 4.69) is 36.0 Å².